The molecule has 11 nitrogen and oxygen atoms in total. The minimum Gasteiger partial charge on any atom is -0.507 e. The molecule has 14 heteroatoms. The largest absolute Gasteiger partial charge is 0.507 e. The van der Waals surface area contributed by atoms with Crippen LogP contribution >= 0.6 is 7.26 Å². The second-order valence-electron chi connectivity index (χ2n) is 32.0. The molecule has 2 fully saturated rings. The zero-order valence-electron chi connectivity index (χ0n) is 66.2. The summed E-state index contributed by atoms with van der Waals surface area (Å²) in [6.45, 7) is 29.1. The zero-order valence-corrected chi connectivity index (χ0v) is 69.1. The van der Waals surface area contributed by atoms with E-state index in [0.29, 0.717) is 55.6 Å². The summed E-state index contributed by atoms with van der Waals surface area (Å²) >= 11 is 0. The van der Waals surface area contributed by atoms with E-state index in [1.54, 1.807) is 12.2 Å². The van der Waals surface area contributed by atoms with Crippen LogP contribution in [0.2, 0.25) is 26.2 Å². The fraction of sp³-hybridized carbons (Fsp3) is 0.268. The van der Waals surface area contributed by atoms with Gasteiger partial charge in [-0.1, -0.05) is 131 Å². The molecular weight excluding hydrogens is 1420 g/mol. The van der Waals surface area contributed by atoms with E-state index >= 15 is 0 Å². The van der Waals surface area contributed by atoms with E-state index in [1.165, 1.54) is 55.8 Å². The number of fused-ring (bicyclic) bond motifs is 4. The van der Waals surface area contributed by atoms with Crippen LogP contribution in [0, 0.1) is 54.4 Å². The third-order valence-electron chi connectivity index (χ3n) is 24.1. The number of aryl methyl sites for hydroxylation is 6. The molecule has 0 bridgehead atoms. The number of ketones is 2. The van der Waals surface area contributed by atoms with E-state index in [2.05, 4.69) is 211 Å². The molecule has 1 N–H and O–H groups in total. The minimum absolute atomic E-state index is 0.00791. The summed E-state index contributed by atoms with van der Waals surface area (Å²) in [6.07, 6.45) is 18.2. The van der Waals surface area contributed by atoms with Gasteiger partial charge in [-0.05, 0) is 318 Å². The zero-order chi connectivity index (χ0) is 78.2. The molecule has 0 atom stereocenters. The van der Waals surface area contributed by atoms with Crippen LogP contribution in [0.5, 0.6) is 28.7 Å². The molecule has 0 unspecified atom stereocenters. The summed E-state index contributed by atoms with van der Waals surface area (Å²) in [5, 5.41) is 19.3. The molecule has 15 rings (SSSR count). The van der Waals surface area contributed by atoms with E-state index in [-0.39, 0.29) is 35.0 Å². The average Bonchev–Trinajstić information content (AvgIpc) is 0.725. The highest BCUT2D eigenvalue weighted by Gasteiger charge is 2.46. The molecule has 2 aliphatic carbocycles. The van der Waals surface area contributed by atoms with Crippen molar-refractivity contribution in [3.63, 3.8) is 0 Å². The number of piperidine rings is 1. The van der Waals surface area contributed by atoms with Crippen molar-refractivity contribution in [1.29, 1.82) is 0 Å². The van der Waals surface area contributed by atoms with Crippen molar-refractivity contribution in [2.24, 2.45) is 5.92 Å². The lowest BCUT2D eigenvalue weighted by Crippen LogP contribution is -2.50. The molecule has 111 heavy (non-hydrogen) atoms. The number of ether oxygens (including phenoxy) is 2. The van der Waals surface area contributed by atoms with Crippen LogP contribution in [0.1, 0.15) is 127 Å². The molecule has 9 aromatic carbocycles. The van der Waals surface area contributed by atoms with E-state index in [1.807, 2.05) is 97.3 Å². The van der Waals surface area contributed by atoms with Gasteiger partial charge in [0.15, 0.2) is 11.6 Å². The Labute approximate surface area is 657 Å². The lowest BCUT2D eigenvalue weighted by Gasteiger charge is -2.38. The molecule has 0 spiro atoms. The molecule has 9 aromatic rings. The van der Waals surface area contributed by atoms with Crippen LogP contribution in [0.25, 0.3) is 11.1 Å². The number of phenols is 1. The Hall–Kier alpha value is -10.6. The minimum atomic E-state index is -2.35. The number of hydrogen-bond acceptors (Lipinski definition) is 8. The predicted octanol–water partition coefficient (Wildman–Crippen LogP) is 18.2. The van der Waals surface area contributed by atoms with Crippen LogP contribution in [0.3, 0.4) is 0 Å². The van der Waals surface area contributed by atoms with Crippen LogP contribution in [0.15, 0.2) is 246 Å². The molecule has 2 saturated heterocycles. The Morgan fingerprint density at radius 2 is 0.838 bits per heavy atom. The van der Waals surface area contributed by atoms with Crippen LogP contribution in [-0.4, -0.2) is 111 Å². The lowest BCUT2D eigenvalue weighted by atomic mass is 9.87. The highest BCUT2D eigenvalue weighted by Crippen LogP contribution is 2.56. The Morgan fingerprint density at radius 1 is 0.441 bits per heavy atom. The monoisotopic (exact) mass is 1520 g/mol. The summed E-state index contributed by atoms with van der Waals surface area (Å²) in [6, 6.07) is 66.2. The molecule has 0 radical (unpaired) electrons. The van der Waals surface area contributed by atoms with Gasteiger partial charge in [-0.3, -0.25) is 24.0 Å². The van der Waals surface area contributed by atoms with Crippen molar-refractivity contribution in [1.82, 2.24) is 14.7 Å². The molecule has 0 aromatic heterocycles. The van der Waals surface area contributed by atoms with E-state index in [4.69, 9.17) is 9.47 Å². The summed E-state index contributed by atoms with van der Waals surface area (Å²) in [5.74, 6) is 4.12. The maximum Gasteiger partial charge on any atom is 0.253 e. The number of hydrogen-bond donors (Lipinski definition) is 1. The van der Waals surface area contributed by atoms with Gasteiger partial charge in [0.2, 0.25) is 5.91 Å². The van der Waals surface area contributed by atoms with Crippen molar-refractivity contribution in [3.8, 4) is 28.7 Å². The number of amides is 3. The van der Waals surface area contributed by atoms with Gasteiger partial charge in [-0.15, -0.1) is 0 Å². The molecule has 0 saturated carbocycles. The van der Waals surface area contributed by atoms with Gasteiger partial charge in [0.05, 0.1) is 6.16 Å². The summed E-state index contributed by atoms with van der Waals surface area (Å²) in [4.78, 5) is 71.2. The lowest BCUT2D eigenvalue weighted by molar-refractivity contribution is -0.132. The van der Waals surface area contributed by atoms with Gasteiger partial charge in [0.25, 0.3) is 11.8 Å². The fourth-order valence-corrected chi connectivity index (χ4v) is 28.1. The maximum atomic E-state index is 14.2. The van der Waals surface area contributed by atoms with E-state index in [0.717, 1.165) is 133 Å². The quantitative estimate of drug-likeness (QED) is 0.0541. The molecule has 4 heterocycles. The highest BCUT2D eigenvalue weighted by molar-refractivity contribution is 7.95. The first-order valence-electron chi connectivity index (χ1n) is 39.4. The number of rotatable bonds is 17. The second-order valence-corrected chi connectivity index (χ2v) is 44.2. The molecular formula is C97H101N3O8PSi2+. The van der Waals surface area contributed by atoms with Crippen molar-refractivity contribution >= 4 is 90.1 Å². The third kappa shape index (κ3) is 15.4. The van der Waals surface area contributed by atoms with Crippen molar-refractivity contribution in [2.75, 3.05) is 45.4 Å². The number of unbranched alkanes of at least 4 members (excludes halogenated alkanes) is 1. The standard InChI is InChI=1S/C58H58NO4PSi.C39H42N2O4Si/c1-40-35-44(24-27-51(40)56-52-28-25-45(60)38-54(52)65(4,5)55-39-46(26-29-53(55)56)63-47-36-41(2)57(61)42(3)37-47)58(62)59-32-30-43(31-33-59)17-15-16-34-64(48-18-9-6-10-19-48,49-20-11-7-12-21-49)50-22-13-8-14-23-50;1-8-37(43)40-15-17-41(18-16-40)39(44)28-9-12-32(26(4)19-28)38-33-13-10-29(42)22-35(33)46(6,7)36-23-30(11-14-34(36)38)45-31-20-24(2)27(5)25(3)21-31/h6-14,18-29,35-39,43H,15-17,30-34H2,1-5H3;9-14,19-23H,8,15-18H2,1-7H3/p+1. The third-order valence-corrected chi connectivity index (χ3v) is 35.7. The number of aromatic hydroxyl groups is 1. The van der Waals surface area contributed by atoms with Gasteiger partial charge in [-0.25, -0.2) is 0 Å². The number of nitrogens with zero attached hydrogens (tertiary/aromatic N) is 3. The topological polar surface area (TPSA) is 134 Å². The van der Waals surface area contributed by atoms with E-state index in [9.17, 15) is 29.1 Å². The van der Waals surface area contributed by atoms with Crippen LogP contribution in [0.4, 0.5) is 0 Å². The van der Waals surface area contributed by atoms with Crippen LogP contribution in [-0.2, 0) is 14.4 Å². The summed E-state index contributed by atoms with van der Waals surface area (Å²) in [7, 11) is -6.48. The number of likely N-dealkylation sites (tertiary alicyclic amines) is 1. The summed E-state index contributed by atoms with van der Waals surface area (Å²) in [5.41, 5.74) is 17.3. The first-order valence-corrected chi connectivity index (χ1v) is 47.3. The molecule has 3 amide bonds. The normalized spacial score (nSPS) is 16.4. The first-order chi connectivity index (χ1) is 53.3. The van der Waals surface area contributed by atoms with Gasteiger partial charge in [0, 0.05) is 56.8 Å². The van der Waals surface area contributed by atoms with Gasteiger partial charge in [0.1, 0.15) is 68.1 Å². The smallest absolute Gasteiger partial charge is 0.253 e. The van der Waals surface area contributed by atoms with Crippen LogP contribution < -0.4 is 35.8 Å². The maximum absolute atomic E-state index is 14.2. The number of piperazine rings is 1. The summed E-state index contributed by atoms with van der Waals surface area (Å²) < 4.78 is 12.9. The van der Waals surface area contributed by atoms with Crippen molar-refractivity contribution in [2.45, 2.75) is 120 Å². The van der Waals surface area contributed by atoms with Crippen molar-refractivity contribution in [3.05, 3.63) is 318 Å². The number of benzene rings is 9. The Morgan fingerprint density at radius 3 is 1.25 bits per heavy atom. The number of phenolic OH excluding ortho intramolecular Hbond substituents is 1. The Balaban J connectivity index is 0.000000196. The van der Waals surface area contributed by atoms with Crippen molar-refractivity contribution < 1.29 is 38.6 Å². The fourth-order valence-electron chi connectivity index (χ4n) is 17.6. The van der Waals surface area contributed by atoms with Gasteiger partial charge in [-0.2, -0.15) is 0 Å². The predicted molar refractivity (Wildman–Crippen MR) is 460 cm³/mol. The SMILES string of the molecule is CCC(=O)N1CCN(C(=O)c2ccc(C3=C4C=CC(=O)C=C4[Si](C)(C)c4cc(Oc5cc(C)c(C)c(C)c5)ccc43)c(C)c2)CC1.Cc1cc(C(=O)N2CCC(CCCC[P+](c3ccccc3)(c3ccccc3)c3ccccc3)CC2)ccc1C1=C2C=CC(=O)C=C2[Si](C)(C)c2cc(Oc3cc(C)c(O)c(C)c3)ccc21. The Kier molecular flexibility index (Phi) is 22.3. The first kappa shape index (κ1) is 77.2. The molecule has 564 valence electrons. The number of carbonyl (C=O) groups is 5. The highest BCUT2D eigenvalue weighted by atomic mass is 31.2. The number of allylic oxidation sites excluding steroid dienone is 10. The average molecular weight is 1520 g/mol. The Bertz CT molecular complexity index is 5260. The number of carbonyl (C=O) groups excluding carboxylic acids is 5. The molecule has 4 aliphatic heterocycles. The second kappa shape index (κ2) is 32.0. The van der Waals surface area contributed by atoms with Gasteiger partial charge < -0.3 is 29.3 Å². The van der Waals surface area contributed by atoms with Gasteiger partial charge >= 0.3 is 0 Å². The molecule has 6 aliphatic rings. The van der Waals surface area contributed by atoms with E-state index < -0.39 is 23.4 Å².